The Labute approximate surface area is 96.8 Å². The van der Waals surface area contributed by atoms with Crippen LogP contribution in [-0.2, 0) is 0 Å². The van der Waals surface area contributed by atoms with Crippen molar-refractivity contribution in [2.75, 3.05) is 0 Å². The van der Waals surface area contributed by atoms with Crippen LogP contribution < -0.4 is 0 Å². The molecule has 4 atom stereocenters. The van der Waals surface area contributed by atoms with E-state index in [1.165, 1.54) is 25.7 Å². The molecule has 1 rings (SSSR count). The molecule has 0 aliphatic heterocycles. The quantitative estimate of drug-likeness (QED) is 0.590. The molecule has 0 saturated heterocycles. The molecule has 0 aromatic rings. The molecule has 0 heterocycles. The summed E-state index contributed by atoms with van der Waals surface area (Å²) < 4.78 is 0. The van der Waals surface area contributed by atoms with Crippen LogP contribution in [-0.4, -0.2) is 0 Å². The maximum absolute atomic E-state index is 2.47. The van der Waals surface area contributed by atoms with Gasteiger partial charge in [0.1, 0.15) is 0 Å². The summed E-state index contributed by atoms with van der Waals surface area (Å²) in [7, 11) is 0. The smallest absolute Gasteiger partial charge is 0.0269 e. The first kappa shape index (κ1) is 13.1. The summed E-state index contributed by atoms with van der Waals surface area (Å²) in [5.74, 6) is 3.68. The van der Waals surface area contributed by atoms with Crippen LogP contribution in [0.15, 0.2) is 0 Å². The van der Waals surface area contributed by atoms with Crippen molar-refractivity contribution < 1.29 is 0 Å². The van der Waals surface area contributed by atoms with E-state index in [0.717, 1.165) is 23.7 Å². The van der Waals surface area contributed by atoms with Gasteiger partial charge >= 0.3 is 0 Å². The summed E-state index contributed by atoms with van der Waals surface area (Å²) in [4.78, 5) is 0. The first-order valence-corrected chi connectivity index (χ1v) is 6.93. The van der Waals surface area contributed by atoms with Crippen LogP contribution in [0.25, 0.3) is 0 Å². The summed E-state index contributed by atoms with van der Waals surface area (Å²) >= 11 is 0. The first-order valence-electron chi connectivity index (χ1n) is 6.93. The van der Waals surface area contributed by atoms with E-state index in [9.17, 15) is 0 Å². The molecule has 0 aromatic heterocycles. The zero-order valence-electron chi connectivity index (χ0n) is 11.6. The molecule has 0 heteroatoms. The van der Waals surface area contributed by atoms with E-state index in [0.29, 0.717) is 5.41 Å². The molecule has 0 radical (unpaired) electrons. The Balaban J connectivity index is 2.42. The van der Waals surface area contributed by atoms with Gasteiger partial charge in [0.2, 0.25) is 0 Å². The molecule has 1 fully saturated rings. The molecule has 4 unspecified atom stereocenters. The summed E-state index contributed by atoms with van der Waals surface area (Å²) in [5, 5.41) is 0. The van der Waals surface area contributed by atoms with Crippen LogP contribution in [0.2, 0.25) is 0 Å². The van der Waals surface area contributed by atoms with Gasteiger partial charge in [-0.3, -0.25) is 0 Å². The van der Waals surface area contributed by atoms with Gasteiger partial charge in [0, 0.05) is 0 Å². The first-order chi connectivity index (χ1) is 6.93. The van der Waals surface area contributed by atoms with Crippen molar-refractivity contribution in [1.82, 2.24) is 0 Å². The fourth-order valence-electron chi connectivity index (χ4n) is 3.27. The van der Waals surface area contributed by atoms with Crippen molar-refractivity contribution in [3.8, 4) is 0 Å². The lowest BCUT2D eigenvalue weighted by atomic mass is 9.52. The van der Waals surface area contributed by atoms with Gasteiger partial charge < -0.3 is 0 Å². The Morgan fingerprint density at radius 1 is 1.20 bits per heavy atom. The minimum absolute atomic E-state index is 0.711. The van der Waals surface area contributed by atoms with Crippen LogP contribution in [0.5, 0.6) is 0 Å². The van der Waals surface area contributed by atoms with Crippen LogP contribution in [0.3, 0.4) is 0 Å². The van der Waals surface area contributed by atoms with Crippen molar-refractivity contribution >= 4 is 0 Å². The predicted molar refractivity (Wildman–Crippen MR) is 68.9 cm³/mol. The van der Waals surface area contributed by atoms with E-state index in [1.807, 2.05) is 0 Å². The fourth-order valence-corrected chi connectivity index (χ4v) is 3.27. The van der Waals surface area contributed by atoms with Gasteiger partial charge in [-0.2, -0.15) is 0 Å². The molecule has 0 spiro atoms. The Morgan fingerprint density at radius 2 is 1.80 bits per heavy atom. The second kappa shape index (κ2) is 4.89. The third-order valence-electron chi connectivity index (χ3n) is 5.49. The molecule has 90 valence electrons. The Hall–Kier alpha value is 0. The Morgan fingerprint density at radius 3 is 2.13 bits per heavy atom. The normalized spacial score (nSPS) is 37.8. The van der Waals surface area contributed by atoms with Crippen molar-refractivity contribution in [2.24, 2.45) is 29.1 Å². The molecule has 0 N–H and O–H groups in total. The van der Waals surface area contributed by atoms with Gasteiger partial charge in [0.15, 0.2) is 0 Å². The number of hydrogen-bond acceptors (Lipinski definition) is 0. The van der Waals surface area contributed by atoms with Crippen molar-refractivity contribution in [1.29, 1.82) is 0 Å². The fraction of sp³-hybridized carbons (Fsp3) is 1.00. The molecular weight excluding hydrogens is 180 g/mol. The topological polar surface area (TPSA) is 0 Å². The number of hydrogen-bond donors (Lipinski definition) is 0. The molecule has 0 aromatic carbocycles. The summed E-state index contributed by atoms with van der Waals surface area (Å²) in [6.45, 7) is 14.4. The van der Waals surface area contributed by atoms with Gasteiger partial charge in [-0.05, 0) is 48.3 Å². The van der Waals surface area contributed by atoms with Crippen LogP contribution in [0.4, 0.5) is 0 Å². The average molecular weight is 210 g/mol. The molecular formula is C15H30. The molecule has 1 aliphatic rings. The van der Waals surface area contributed by atoms with Gasteiger partial charge in [-0.1, -0.05) is 48.0 Å². The van der Waals surface area contributed by atoms with Crippen LogP contribution in [0, 0.1) is 29.1 Å². The summed E-state index contributed by atoms with van der Waals surface area (Å²) in [5.41, 5.74) is 0.711. The Kier molecular flexibility index (Phi) is 4.26. The van der Waals surface area contributed by atoms with E-state index >= 15 is 0 Å². The highest BCUT2D eigenvalue weighted by molar-refractivity contribution is 4.96. The molecule has 0 amide bonds. The second-order valence-electron chi connectivity index (χ2n) is 6.45. The van der Waals surface area contributed by atoms with E-state index in [2.05, 4.69) is 41.5 Å². The van der Waals surface area contributed by atoms with Gasteiger partial charge in [-0.15, -0.1) is 0 Å². The molecule has 1 aliphatic carbocycles. The third-order valence-corrected chi connectivity index (χ3v) is 5.49. The largest absolute Gasteiger partial charge is 0.0648 e. The minimum Gasteiger partial charge on any atom is -0.0648 e. The van der Waals surface area contributed by atoms with Gasteiger partial charge in [0.05, 0.1) is 0 Å². The van der Waals surface area contributed by atoms with E-state index in [1.54, 1.807) is 0 Å². The van der Waals surface area contributed by atoms with Crippen molar-refractivity contribution in [2.45, 2.75) is 67.2 Å². The highest BCUT2D eigenvalue weighted by Crippen LogP contribution is 2.56. The van der Waals surface area contributed by atoms with Crippen LogP contribution >= 0.6 is 0 Å². The van der Waals surface area contributed by atoms with E-state index in [-0.39, 0.29) is 0 Å². The standard InChI is InChI=1S/C15H30/c1-7-15(10-13(5)14(15)6)9-8-12(4)11(2)3/h11-14H,7-10H2,1-6H3. The highest BCUT2D eigenvalue weighted by Gasteiger charge is 2.46. The third kappa shape index (κ3) is 2.57. The zero-order chi connectivity index (χ0) is 11.6. The van der Waals surface area contributed by atoms with Crippen molar-refractivity contribution in [3.63, 3.8) is 0 Å². The predicted octanol–water partition coefficient (Wildman–Crippen LogP) is 5.13. The zero-order valence-corrected chi connectivity index (χ0v) is 11.6. The second-order valence-corrected chi connectivity index (χ2v) is 6.45. The maximum atomic E-state index is 2.47. The van der Waals surface area contributed by atoms with E-state index < -0.39 is 0 Å². The van der Waals surface area contributed by atoms with Gasteiger partial charge in [0.25, 0.3) is 0 Å². The Bertz CT molecular complexity index is 194. The minimum atomic E-state index is 0.711. The molecule has 0 nitrogen and oxygen atoms in total. The lowest BCUT2D eigenvalue weighted by molar-refractivity contribution is -0.0378. The molecule has 15 heavy (non-hydrogen) atoms. The summed E-state index contributed by atoms with van der Waals surface area (Å²) in [6.07, 6.45) is 5.77. The van der Waals surface area contributed by atoms with Crippen molar-refractivity contribution in [3.05, 3.63) is 0 Å². The van der Waals surface area contributed by atoms with Gasteiger partial charge in [-0.25, -0.2) is 0 Å². The van der Waals surface area contributed by atoms with E-state index in [4.69, 9.17) is 0 Å². The van der Waals surface area contributed by atoms with Crippen LogP contribution in [0.1, 0.15) is 67.2 Å². The molecule has 0 bridgehead atoms. The molecule has 1 saturated carbocycles. The lowest BCUT2D eigenvalue weighted by Crippen LogP contribution is -2.45. The lowest BCUT2D eigenvalue weighted by Gasteiger charge is -2.54. The monoisotopic (exact) mass is 210 g/mol. The SMILES string of the molecule is CCC1(CCC(C)C(C)C)CC(C)C1C. The maximum Gasteiger partial charge on any atom is -0.0269 e. The summed E-state index contributed by atoms with van der Waals surface area (Å²) in [6, 6.07) is 0. The highest BCUT2D eigenvalue weighted by atomic mass is 14.5. The average Bonchev–Trinajstić information content (AvgIpc) is 2.22. The number of rotatable bonds is 5.